The molecule has 0 aliphatic carbocycles. The summed E-state index contributed by atoms with van der Waals surface area (Å²) in [7, 11) is 0. The van der Waals surface area contributed by atoms with Crippen LogP contribution >= 0.6 is 11.3 Å². The number of aryl methyl sites for hydroxylation is 2. The number of carboxylic acids is 1. The molecule has 0 radical (unpaired) electrons. The number of hydrogen-bond acceptors (Lipinski definition) is 6. The first-order chi connectivity index (χ1) is 13.4. The first-order valence-electron chi connectivity index (χ1n) is 8.64. The van der Waals surface area contributed by atoms with E-state index in [1.165, 1.54) is 0 Å². The first-order valence-corrected chi connectivity index (χ1v) is 9.46. The fourth-order valence-electron chi connectivity index (χ4n) is 2.98. The van der Waals surface area contributed by atoms with Crippen molar-refractivity contribution in [3.63, 3.8) is 0 Å². The van der Waals surface area contributed by atoms with E-state index in [0.717, 1.165) is 26.8 Å². The number of thiazole rings is 1. The summed E-state index contributed by atoms with van der Waals surface area (Å²) in [6.45, 7) is 4.35. The number of nitrogens with zero attached hydrogens (tertiary/aromatic N) is 2. The Morgan fingerprint density at radius 1 is 1.25 bits per heavy atom. The van der Waals surface area contributed by atoms with Crippen LogP contribution in [0.15, 0.2) is 36.4 Å². The van der Waals surface area contributed by atoms with Crippen molar-refractivity contribution in [2.24, 2.45) is 0 Å². The van der Waals surface area contributed by atoms with Crippen molar-refractivity contribution in [2.45, 2.75) is 20.4 Å². The minimum Gasteiger partial charge on any atom is -0.507 e. The van der Waals surface area contributed by atoms with Crippen LogP contribution in [0.2, 0.25) is 0 Å². The number of carbonyl (C=O) groups is 1. The van der Waals surface area contributed by atoms with Gasteiger partial charge in [0.25, 0.3) is 0 Å². The van der Waals surface area contributed by atoms with Gasteiger partial charge in [-0.3, -0.25) is 5.10 Å². The molecule has 0 aliphatic heterocycles. The average Bonchev–Trinajstić information content (AvgIpc) is 3.24. The Hall–Kier alpha value is -3.39. The second kappa shape index (κ2) is 6.97. The van der Waals surface area contributed by atoms with E-state index in [1.54, 1.807) is 23.5 Å². The molecule has 0 saturated carbocycles. The molecule has 2 aromatic heterocycles. The quantitative estimate of drug-likeness (QED) is 0.401. The molecule has 0 amide bonds. The van der Waals surface area contributed by atoms with Gasteiger partial charge in [-0.05, 0) is 38.1 Å². The zero-order valence-corrected chi connectivity index (χ0v) is 16.1. The molecular weight excluding hydrogens is 376 g/mol. The summed E-state index contributed by atoms with van der Waals surface area (Å²) in [5, 5.41) is 31.0. The summed E-state index contributed by atoms with van der Waals surface area (Å²) >= 11 is 1.55. The molecule has 0 bridgehead atoms. The topological polar surface area (TPSA) is 111 Å². The van der Waals surface area contributed by atoms with Crippen molar-refractivity contribution in [1.82, 2.24) is 15.2 Å². The summed E-state index contributed by atoms with van der Waals surface area (Å²) in [6, 6.07) is 10.9. The Balaban J connectivity index is 1.60. The van der Waals surface area contributed by atoms with E-state index in [-0.39, 0.29) is 11.4 Å². The molecule has 0 atom stereocenters. The number of phenolic OH excluding ortho intramolecular Hbond substituents is 1. The lowest BCUT2D eigenvalue weighted by Crippen LogP contribution is -2.01. The molecule has 28 heavy (non-hydrogen) atoms. The van der Waals surface area contributed by atoms with Crippen LogP contribution in [-0.2, 0) is 6.54 Å². The van der Waals surface area contributed by atoms with Crippen LogP contribution in [0.5, 0.6) is 5.75 Å². The number of rotatable bonds is 5. The van der Waals surface area contributed by atoms with Gasteiger partial charge in [0, 0.05) is 28.1 Å². The number of H-pyrrole nitrogens is 1. The van der Waals surface area contributed by atoms with Gasteiger partial charge in [0.2, 0.25) is 0 Å². The fourth-order valence-corrected chi connectivity index (χ4v) is 3.92. The van der Waals surface area contributed by atoms with Crippen LogP contribution in [0.4, 0.5) is 5.69 Å². The number of aromatic nitrogens is 3. The zero-order chi connectivity index (χ0) is 19.8. The van der Waals surface area contributed by atoms with Crippen molar-refractivity contribution in [1.29, 1.82) is 0 Å². The normalized spacial score (nSPS) is 11.1. The van der Waals surface area contributed by atoms with Crippen LogP contribution < -0.4 is 5.32 Å². The third-order valence-corrected chi connectivity index (χ3v) is 5.73. The molecule has 4 rings (SSSR count). The number of fused-ring (bicyclic) bond motifs is 1. The van der Waals surface area contributed by atoms with Crippen LogP contribution in [0, 0.1) is 13.8 Å². The summed E-state index contributed by atoms with van der Waals surface area (Å²) in [4.78, 5) is 16.9. The number of aromatic carboxylic acids is 1. The van der Waals surface area contributed by atoms with Gasteiger partial charge in [0.1, 0.15) is 10.8 Å². The van der Waals surface area contributed by atoms with Crippen LogP contribution in [0.3, 0.4) is 0 Å². The molecule has 4 aromatic rings. The van der Waals surface area contributed by atoms with Crippen molar-refractivity contribution >= 4 is 33.9 Å². The van der Waals surface area contributed by atoms with Crippen molar-refractivity contribution in [3.8, 4) is 16.3 Å². The van der Waals surface area contributed by atoms with Gasteiger partial charge in [0.05, 0.1) is 16.8 Å². The average molecular weight is 394 g/mol. The van der Waals surface area contributed by atoms with E-state index in [4.69, 9.17) is 0 Å². The summed E-state index contributed by atoms with van der Waals surface area (Å²) in [5.74, 6) is -0.887. The summed E-state index contributed by atoms with van der Waals surface area (Å²) in [5.41, 5.74) is 3.78. The number of nitrogens with one attached hydrogen (secondary N) is 2. The standard InChI is InChI=1S/C20H18N4O3S/c1-10-11(2)28-19(22-10)14-5-3-4-12(18(14)25)9-21-13-6-7-16-15(8-13)17(20(26)27)24-23-16/h3-8,21,25H,9H2,1-2H3,(H,23,24)(H,26,27). The largest absolute Gasteiger partial charge is 0.507 e. The SMILES string of the molecule is Cc1nc(-c2cccc(CNc3ccc4[nH]nc(C(=O)O)c4c3)c2O)sc1C. The van der Waals surface area contributed by atoms with Gasteiger partial charge in [0.15, 0.2) is 5.69 Å². The van der Waals surface area contributed by atoms with Crippen LogP contribution in [-0.4, -0.2) is 31.4 Å². The van der Waals surface area contributed by atoms with E-state index in [9.17, 15) is 15.0 Å². The number of para-hydroxylation sites is 1. The lowest BCUT2D eigenvalue weighted by molar-refractivity contribution is 0.0692. The molecule has 0 spiro atoms. The number of phenols is 1. The van der Waals surface area contributed by atoms with Gasteiger partial charge in [-0.2, -0.15) is 5.10 Å². The number of aromatic amines is 1. The third kappa shape index (κ3) is 3.18. The van der Waals surface area contributed by atoms with Gasteiger partial charge in [-0.25, -0.2) is 9.78 Å². The second-order valence-electron chi connectivity index (χ2n) is 6.47. The molecule has 7 nitrogen and oxygen atoms in total. The molecule has 142 valence electrons. The molecule has 4 N–H and O–H groups in total. The molecule has 0 aliphatic rings. The van der Waals surface area contributed by atoms with Gasteiger partial charge >= 0.3 is 5.97 Å². The maximum atomic E-state index is 11.3. The Kier molecular flexibility index (Phi) is 4.48. The minimum atomic E-state index is -1.08. The summed E-state index contributed by atoms with van der Waals surface area (Å²) < 4.78 is 0. The van der Waals surface area contributed by atoms with Gasteiger partial charge in [-0.1, -0.05) is 12.1 Å². The Morgan fingerprint density at radius 2 is 2.07 bits per heavy atom. The molecule has 0 saturated heterocycles. The lowest BCUT2D eigenvalue weighted by atomic mass is 10.1. The Labute approximate surface area is 164 Å². The molecule has 0 unspecified atom stereocenters. The van der Waals surface area contributed by atoms with E-state index in [1.807, 2.05) is 38.1 Å². The zero-order valence-electron chi connectivity index (χ0n) is 15.3. The highest BCUT2D eigenvalue weighted by atomic mass is 32.1. The monoisotopic (exact) mass is 394 g/mol. The third-order valence-electron chi connectivity index (χ3n) is 4.63. The highest BCUT2D eigenvalue weighted by Crippen LogP contribution is 2.36. The van der Waals surface area contributed by atoms with Gasteiger partial charge in [-0.15, -0.1) is 11.3 Å². The molecule has 2 aromatic carbocycles. The predicted octanol–water partition coefficient (Wildman–Crippen LogP) is 4.32. The van der Waals surface area contributed by atoms with Crippen molar-refractivity contribution < 1.29 is 15.0 Å². The Bertz CT molecular complexity index is 1180. The lowest BCUT2D eigenvalue weighted by Gasteiger charge is -2.11. The van der Waals surface area contributed by atoms with Crippen molar-refractivity contribution in [2.75, 3.05) is 5.32 Å². The van der Waals surface area contributed by atoms with E-state index in [2.05, 4.69) is 20.5 Å². The summed E-state index contributed by atoms with van der Waals surface area (Å²) in [6.07, 6.45) is 0. The Morgan fingerprint density at radius 3 is 2.79 bits per heavy atom. The van der Waals surface area contributed by atoms with E-state index in [0.29, 0.717) is 23.0 Å². The minimum absolute atomic E-state index is 0.0157. The van der Waals surface area contributed by atoms with Crippen LogP contribution in [0.25, 0.3) is 21.5 Å². The fraction of sp³-hybridized carbons (Fsp3) is 0.150. The number of anilines is 1. The number of aromatic hydroxyl groups is 1. The second-order valence-corrected chi connectivity index (χ2v) is 7.67. The number of benzene rings is 2. The molecule has 2 heterocycles. The van der Waals surface area contributed by atoms with Gasteiger partial charge < -0.3 is 15.5 Å². The smallest absolute Gasteiger partial charge is 0.357 e. The van der Waals surface area contributed by atoms with Crippen molar-refractivity contribution in [3.05, 3.63) is 58.2 Å². The molecule has 8 heteroatoms. The maximum Gasteiger partial charge on any atom is 0.357 e. The number of carboxylic acid groups (broad SMARTS) is 1. The van der Waals surface area contributed by atoms with Crippen LogP contribution in [0.1, 0.15) is 26.6 Å². The molecular formula is C20H18N4O3S. The predicted molar refractivity (Wildman–Crippen MR) is 109 cm³/mol. The van der Waals surface area contributed by atoms with E-state index >= 15 is 0 Å². The highest BCUT2D eigenvalue weighted by Gasteiger charge is 2.15. The molecule has 0 fully saturated rings. The first kappa shape index (κ1) is 18.0. The maximum absolute atomic E-state index is 11.3. The number of hydrogen-bond donors (Lipinski definition) is 4. The van der Waals surface area contributed by atoms with E-state index < -0.39 is 5.97 Å². The highest BCUT2D eigenvalue weighted by molar-refractivity contribution is 7.15.